The molecular weight excluding hydrogens is 325 g/mol. The Balaban J connectivity index is 0. The zero-order valence-electron chi connectivity index (χ0n) is 11.4. The van der Waals surface area contributed by atoms with Crippen molar-refractivity contribution in [1.29, 1.82) is 0 Å². The Labute approximate surface area is 135 Å². The summed E-state index contributed by atoms with van der Waals surface area (Å²) in [4.78, 5) is 0. The van der Waals surface area contributed by atoms with Gasteiger partial charge in [-0.2, -0.15) is 0 Å². The fourth-order valence-corrected chi connectivity index (χ4v) is 2.06. The van der Waals surface area contributed by atoms with Gasteiger partial charge < -0.3 is 21.7 Å². The first kappa shape index (κ1) is 22.8. The first-order valence-corrected chi connectivity index (χ1v) is 6.15. The van der Waals surface area contributed by atoms with E-state index in [1.807, 2.05) is 0 Å². The first-order valence-electron chi connectivity index (χ1n) is 6.15. The highest BCUT2D eigenvalue weighted by atomic mass is 35.5. The van der Waals surface area contributed by atoms with Gasteiger partial charge in [-0.1, -0.05) is 0 Å². The minimum atomic E-state index is -0.671. The molecule has 0 radical (unpaired) electrons. The predicted molar refractivity (Wildman–Crippen MR) is 83.0 cm³/mol. The summed E-state index contributed by atoms with van der Waals surface area (Å²) in [6, 6.07) is 2.24. The Morgan fingerprint density at radius 1 is 0.857 bits per heavy atom. The van der Waals surface area contributed by atoms with Gasteiger partial charge in [0.2, 0.25) is 0 Å². The maximum atomic E-state index is 13.2. The standard InChI is InChI=1S/C13H20F2N2O2.2ClH/c14-10-1-8(2-11(15)5-10)9(3-12(16)6-18)4-13(17)7-19;;/h1-2,5,9,12-13,18-19H,3-4,6-7,16-17H2;2*1H. The van der Waals surface area contributed by atoms with Crippen molar-refractivity contribution in [2.24, 2.45) is 11.5 Å². The average molecular weight is 347 g/mol. The number of halogens is 4. The summed E-state index contributed by atoms with van der Waals surface area (Å²) < 4.78 is 26.5. The molecule has 0 bridgehead atoms. The van der Waals surface area contributed by atoms with E-state index in [1.165, 1.54) is 12.1 Å². The van der Waals surface area contributed by atoms with E-state index in [1.54, 1.807) is 0 Å². The zero-order chi connectivity index (χ0) is 14.4. The van der Waals surface area contributed by atoms with Crippen LogP contribution in [-0.2, 0) is 0 Å². The van der Waals surface area contributed by atoms with Crippen LogP contribution in [0.1, 0.15) is 24.3 Å². The van der Waals surface area contributed by atoms with Gasteiger partial charge in [0, 0.05) is 18.2 Å². The Hall–Kier alpha value is -0.500. The van der Waals surface area contributed by atoms with Crippen LogP contribution < -0.4 is 11.5 Å². The van der Waals surface area contributed by atoms with E-state index >= 15 is 0 Å². The number of rotatable bonds is 7. The summed E-state index contributed by atoms with van der Waals surface area (Å²) in [7, 11) is 0. The number of hydrogen-bond donors (Lipinski definition) is 4. The molecule has 1 rings (SSSR count). The van der Waals surface area contributed by atoms with Crippen LogP contribution in [0.4, 0.5) is 8.78 Å². The summed E-state index contributed by atoms with van der Waals surface area (Å²) in [6.45, 7) is -0.439. The van der Waals surface area contributed by atoms with Gasteiger partial charge in [-0.25, -0.2) is 8.78 Å². The summed E-state index contributed by atoms with van der Waals surface area (Å²) in [5.74, 6) is -1.65. The fourth-order valence-electron chi connectivity index (χ4n) is 2.06. The lowest BCUT2D eigenvalue weighted by molar-refractivity contribution is 0.234. The Bertz CT molecular complexity index is 382. The van der Waals surface area contributed by atoms with Crippen LogP contribution in [0.2, 0.25) is 0 Å². The van der Waals surface area contributed by atoms with E-state index in [9.17, 15) is 8.78 Å². The summed E-state index contributed by atoms with van der Waals surface area (Å²) >= 11 is 0. The molecule has 21 heavy (non-hydrogen) atoms. The SMILES string of the molecule is Cl.Cl.NC(CO)CC(CC(N)CO)c1cc(F)cc(F)c1. The number of nitrogens with two attached hydrogens (primary N) is 2. The molecule has 0 aromatic heterocycles. The van der Waals surface area contributed by atoms with Gasteiger partial charge in [0.05, 0.1) is 13.2 Å². The van der Waals surface area contributed by atoms with Crippen molar-refractivity contribution in [2.75, 3.05) is 13.2 Å². The number of aliphatic hydroxyl groups is 2. The van der Waals surface area contributed by atoms with Crippen LogP contribution >= 0.6 is 24.8 Å². The molecule has 0 amide bonds. The van der Waals surface area contributed by atoms with Crippen molar-refractivity contribution in [3.05, 3.63) is 35.4 Å². The number of benzene rings is 1. The van der Waals surface area contributed by atoms with Crippen molar-refractivity contribution < 1.29 is 19.0 Å². The van der Waals surface area contributed by atoms with Crippen molar-refractivity contribution in [3.63, 3.8) is 0 Å². The van der Waals surface area contributed by atoms with Crippen molar-refractivity contribution in [1.82, 2.24) is 0 Å². The normalized spacial score (nSPS) is 14.6. The van der Waals surface area contributed by atoms with Gasteiger partial charge in [-0.3, -0.25) is 0 Å². The molecule has 6 N–H and O–H groups in total. The smallest absolute Gasteiger partial charge is 0.126 e. The molecule has 0 aliphatic heterocycles. The molecule has 1 aromatic carbocycles. The van der Waals surface area contributed by atoms with E-state index in [-0.39, 0.29) is 43.9 Å². The zero-order valence-corrected chi connectivity index (χ0v) is 13.0. The van der Waals surface area contributed by atoms with Crippen molar-refractivity contribution >= 4 is 24.8 Å². The molecule has 0 saturated carbocycles. The van der Waals surface area contributed by atoms with Crippen molar-refractivity contribution in [3.8, 4) is 0 Å². The lowest BCUT2D eigenvalue weighted by atomic mass is 9.87. The van der Waals surface area contributed by atoms with E-state index in [2.05, 4.69) is 0 Å². The second-order valence-corrected chi connectivity index (χ2v) is 4.76. The predicted octanol–water partition coefficient (Wildman–Crippen LogP) is 1.31. The Kier molecular flexibility index (Phi) is 12.1. The quantitative estimate of drug-likeness (QED) is 0.598. The average Bonchev–Trinajstić information content (AvgIpc) is 2.36. The van der Waals surface area contributed by atoms with Gasteiger partial charge in [0.25, 0.3) is 0 Å². The minimum Gasteiger partial charge on any atom is -0.395 e. The highest BCUT2D eigenvalue weighted by Crippen LogP contribution is 2.27. The second-order valence-electron chi connectivity index (χ2n) is 4.76. The van der Waals surface area contributed by atoms with Crippen molar-refractivity contribution in [2.45, 2.75) is 30.8 Å². The van der Waals surface area contributed by atoms with E-state index in [0.717, 1.165) is 6.07 Å². The Morgan fingerprint density at radius 2 is 1.24 bits per heavy atom. The monoisotopic (exact) mass is 346 g/mol. The molecule has 0 spiro atoms. The third kappa shape index (κ3) is 7.90. The molecule has 4 nitrogen and oxygen atoms in total. The van der Waals surface area contributed by atoms with E-state index < -0.39 is 23.7 Å². The van der Waals surface area contributed by atoms with Crippen LogP contribution in [0.5, 0.6) is 0 Å². The molecule has 2 atom stereocenters. The van der Waals surface area contributed by atoms with Crippen LogP contribution in [0, 0.1) is 11.6 Å². The second kappa shape index (κ2) is 11.1. The molecule has 0 fully saturated rings. The molecular formula is C13H22Cl2F2N2O2. The largest absolute Gasteiger partial charge is 0.395 e. The maximum absolute atomic E-state index is 13.2. The maximum Gasteiger partial charge on any atom is 0.126 e. The molecule has 0 aliphatic carbocycles. The van der Waals surface area contributed by atoms with Gasteiger partial charge in [-0.15, -0.1) is 24.8 Å². The molecule has 0 heterocycles. The molecule has 0 saturated heterocycles. The fraction of sp³-hybridized carbons (Fsp3) is 0.538. The van der Waals surface area contributed by atoms with Gasteiger partial charge in [0.1, 0.15) is 11.6 Å². The number of hydrogen-bond acceptors (Lipinski definition) is 4. The summed E-state index contributed by atoms with van der Waals surface area (Å²) in [5, 5.41) is 18.0. The van der Waals surface area contributed by atoms with Gasteiger partial charge >= 0.3 is 0 Å². The molecule has 1 aromatic rings. The molecule has 0 aliphatic rings. The van der Waals surface area contributed by atoms with Crippen LogP contribution in [0.25, 0.3) is 0 Å². The highest BCUT2D eigenvalue weighted by molar-refractivity contribution is 5.85. The number of aliphatic hydroxyl groups excluding tert-OH is 2. The van der Waals surface area contributed by atoms with E-state index in [0.29, 0.717) is 18.4 Å². The van der Waals surface area contributed by atoms with Gasteiger partial charge in [0.15, 0.2) is 0 Å². The lowest BCUT2D eigenvalue weighted by Gasteiger charge is -2.23. The lowest BCUT2D eigenvalue weighted by Crippen LogP contribution is -2.31. The molecule has 2 unspecified atom stereocenters. The Morgan fingerprint density at radius 3 is 1.57 bits per heavy atom. The third-order valence-corrected chi connectivity index (χ3v) is 3.00. The summed E-state index contributed by atoms with van der Waals surface area (Å²) in [6.07, 6.45) is 0.681. The van der Waals surface area contributed by atoms with Crippen LogP contribution in [-0.4, -0.2) is 35.5 Å². The van der Waals surface area contributed by atoms with Gasteiger partial charge in [-0.05, 0) is 36.5 Å². The van der Waals surface area contributed by atoms with Crippen LogP contribution in [0.15, 0.2) is 18.2 Å². The third-order valence-electron chi connectivity index (χ3n) is 3.00. The summed E-state index contributed by atoms with van der Waals surface area (Å²) in [5.41, 5.74) is 11.8. The topological polar surface area (TPSA) is 92.5 Å². The van der Waals surface area contributed by atoms with Crippen LogP contribution in [0.3, 0.4) is 0 Å². The first-order chi connectivity index (χ1) is 8.96. The molecule has 8 heteroatoms. The minimum absolute atomic E-state index is 0. The highest BCUT2D eigenvalue weighted by Gasteiger charge is 2.19. The van der Waals surface area contributed by atoms with E-state index in [4.69, 9.17) is 21.7 Å². The molecule has 124 valence electrons.